The van der Waals surface area contributed by atoms with E-state index in [-0.39, 0.29) is 5.82 Å². The third-order valence-corrected chi connectivity index (χ3v) is 4.86. The second-order valence-electron chi connectivity index (χ2n) is 6.38. The first-order chi connectivity index (χ1) is 11.8. The Hall–Kier alpha value is -2.37. The summed E-state index contributed by atoms with van der Waals surface area (Å²) >= 11 is 0. The number of hydrogen-bond donors (Lipinski definition) is 0. The molecule has 0 amide bonds. The highest BCUT2D eigenvalue weighted by Gasteiger charge is 2.20. The van der Waals surface area contributed by atoms with Crippen LogP contribution in [0.2, 0.25) is 0 Å². The van der Waals surface area contributed by atoms with Crippen LogP contribution in [0.25, 0.3) is 0 Å². The molecule has 2 fully saturated rings. The van der Waals surface area contributed by atoms with E-state index in [4.69, 9.17) is 0 Å². The molecule has 24 heavy (non-hydrogen) atoms. The standard InChI is InChI=1S/C18H22FN5/c19-15-3-5-16(6-4-15)22-9-11-24(12-10-22)18-13-17(20-14-21-18)23-7-1-2-8-23/h3-6,13-14H,1-2,7-12H2. The van der Waals surface area contributed by atoms with Gasteiger partial charge in [0.2, 0.25) is 0 Å². The number of halogens is 1. The highest BCUT2D eigenvalue weighted by Crippen LogP contribution is 2.23. The molecule has 1 aromatic carbocycles. The average Bonchev–Trinajstić information content (AvgIpc) is 3.17. The molecular formula is C18H22FN5. The predicted octanol–water partition coefficient (Wildman–Crippen LogP) is 2.54. The molecule has 0 bridgehead atoms. The van der Waals surface area contributed by atoms with Gasteiger partial charge in [-0.25, -0.2) is 14.4 Å². The Bertz CT molecular complexity index is 676. The quantitative estimate of drug-likeness (QED) is 0.866. The fourth-order valence-corrected chi connectivity index (χ4v) is 3.47. The minimum Gasteiger partial charge on any atom is -0.368 e. The van der Waals surface area contributed by atoms with Crippen molar-refractivity contribution in [1.29, 1.82) is 0 Å². The number of rotatable bonds is 3. The van der Waals surface area contributed by atoms with Crippen molar-refractivity contribution in [3.05, 3.63) is 42.5 Å². The van der Waals surface area contributed by atoms with Gasteiger partial charge in [-0.15, -0.1) is 0 Å². The number of hydrogen-bond acceptors (Lipinski definition) is 5. The zero-order valence-electron chi connectivity index (χ0n) is 13.7. The zero-order chi connectivity index (χ0) is 16.4. The van der Waals surface area contributed by atoms with Crippen molar-refractivity contribution in [3.63, 3.8) is 0 Å². The zero-order valence-corrected chi connectivity index (χ0v) is 13.7. The lowest BCUT2D eigenvalue weighted by Gasteiger charge is -2.36. The Morgan fingerprint density at radius 3 is 1.88 bits per heavy atom. The summed E-state index contributed by atoms with van der Waals surface area (Å²) < 4.78 is 13.1. The molecule has 6 heteroatoms. The lowest BCUT2D eigenvalue weighted by molar-refractivity contribution is 0.624. The largest absolute Gasteiger partial charge is 0.368 e. The summed E-state index contributed by atoms with van der Waals surface area (Å²) in [6.45, 7) is 5.83. The first kappa shape index (κ1) is 15.2. The second-order valence-corrected chi connectivity index (χ2v) is 6.38. The lowest BCUT2D eigenvalue weighted by Crippen LogP contribution is -2.46. The van der Waals surface area contributed by atoms with Crippen LogP contribution in [0.15, 0.2) is 36.7 Å². The summed E-state index contributed by atoms with van der Waals surface area (Å²) in [5.41, 5.74) is 1.08. The molecule has 1 aromatic heterocycles. The van der Waals surface area contributed by atoms with Crippen LogP contribution in [-0.2, 0) is 0 Å². The van der Waals surface area contributed by atoms with Crippen LogP contribution >= 0.6 is 0 Å². The summed E-state index contributed by atoms with van der Waals surface area (Å²) in [7, 11) is 0. The van der Waals surface area contributed by atoms with E-state index in [1.165, 1.54) is 25.0 Å². The maximum atomic E-state index is 13.1. The highest BCUT2D eigenvalue weighted by atomic mass is 19.1. The van der Waals surface area contributed by atoms with Gasteiger partial charge < -0.3 is 14.7 Å². The van der Waals surface area contributed by atoms with Gasteiger partial charge in [0.1, 0.15) is 23.8 Å². The Labute approximate surface area is 141 Å². The van der Waals surface area contributed by atoms with Crippen molar-refractivity contribution >= 4 is 17.3 Å². The molecule has 0 aliphatic carbocycles. The Morgan fingerprint density at radius 1 is 0.708 bits per heavy atom. The van der Waals surface area contributed by atoms with Crippen molar-refractivity contribution in [2.75, 3.05) is 54.0 Å². The monoisotopic (exact) mass is 327 g/mol. The van der Waals surface area contributed by atoms with Crippen LogP contribution in [0.3, 0.4) is 0 Å². The van der Waals surface area contributed by atoms with E-state index in [9.17, 15) is 4.39 Å². The predicted molar refractivity (Wildman–Crippen MR) is 94.3 cm³/mol. The summed E-state index contributed by atoms with van der Waals surface area (Å²) in [5, 5.41) is 0. The number of anilines is 3. The Morgan fingerprint density at radius 2 is 1.25 bits per heavy atom. The fourth-order valence-electron chi connectivity index (χ4n) is 3.47. The van der Waals surface area contributed by atoms with Gasteiger partial charge in [-0.05, 0) is 37.1 Å². The van der Waals surface area contributed by atoms with Crippen molar-refractivity contribution in [3.8, 4) is 0 Å². The SMILES string of the molecule is Fc1ccc(N2CCN(c3cc(N4CCCC4)ncn3)CC2)cc1. The fraction of sp³-hybridized carbons (Fsp3) is 0.444. The molecule has 2 aliphatic rings. The number of aromatic nitrogens is 2. The number of piperazine rings is 1. The summed E-state index contributed by atoms with van der Waals surface area (Å²) in [6, 6.07) is 8.85. The first-order valence-electron chi connectivity index (χ1n) is 8.62. The van der Waals surface area contributed by atoms with E-state index in [0.717, 1.165) is 56.6 Å². The van der Waals surface area contributed by atoms with Gasteiger partial charge in [0, 0.05) is 51.0 Å². The van der Waals surface area contributed by atoms with E-state index in [2.05, 4.69) is 30.7 Å². The Balaban J connectivity index is 1.42. The topological polar surface area (TPSA) is 35.5 Å². The van der Waals surface area contributed by atoms with E-state index in [1.54, 1.807) is 6.33 Å². The van der Waals surface area contributed by atoms with E-state index < -0.39 is 0 Å². The highest BCUT2D eigenvalue weighted by molar-refractivity contribution is 5.53. The van der Waals surface area contributed by atoms with Gasteiger partial charge in [0.05, 0.1) is 0 Å². The molecular weight excluding hydrogens is 305 g/mol. The summed E-state index contributed by atoms with van der Waals surface area (Å²) in [6.07, 6.45) is 4.17. The summed E-state index contributed by atoms with van der Waals surface area (Å²) in [4.78, 5) is 15.8. The normalized spacial score (nSPS) is 18.3. The smallest absolute Gasteiger partial charge is 0.134 e. The molecule has 0 N–H and O–H groups in total. The van der Waals surface area contributed by atoms with Crippen LogP contribution in [0.5, 0.6) is 0 Å². The molecule has 0 atom stereocenters. The van der Waals surface area contributed by atoms with Crippen molar-refractivity contribution in [1.82, 2.24) is 9.97 Å². The third kappa shape index (κ3) is 3.13. The van der Waals surface area contributed by atoms with E-state index in [0.29, 0.717) is 0 Å². The van der Waals surface area contributed by atoms with Crippen LogP contribution < -0.4 is 14.7 Å². The van der Waals surface area contributed by atoms with Crippen molar-refractivity contribution < 1.29 is 4.39 Å². The molecule has 2 aliphatic heterocycles. The van der Waals surface area contributed by atoms with E-state index in [1.807, 2.05) is 12.1 Å². The molecule has 0 unspecified atom stereocenters. The van der Waals surface area contributed by atoms with Crippen LogP contribution in [0.1, 0.15) is 12.8 Å². The number of benzene rings is 1. The Kier molecular flexibility index (Phi) is 4.19. The molecule has 5 nitrogen and oxygen atoms in total. The van der Waals surface area contributed by atoms with Gasteiger partial charge in [0.25, 0.3) is 0 Å². The van der Waals surface area contributed by atoms with Gasteiger partial charge >= 0.3 is 0 Å². The van der Waals surface area contributed by atoms with Crippen LogP contribution in [0.4, 0.5) is 21.7 Å². The van der Waals surface area contributed by atoms with Gasteiger partial charge in [-0.1, -0.05) is 0 Å². The van der Waals surface area contributed by atoms with Crippen molar-refractivity contribution in [2.45, 2.75) is 12.8 Å². The maximum absolute atomic E-state index is 13.1. The molecule has 3 heterocycles. The second kappa shape index (κ2) is 6.63. The lowest BCUT2D eigenvalue weighted by atomic mass is 10.2. The minimum atomic E-state index is -0.187. The molecule has 0 radical (unpaired) electrons. The third-order valence-electron chi connectivity index (χ3n) is 4.86. The molecule has 126 valence electrons. The molecule has 0 spiro atoms. The van der Waals surface area contributed by atoms with Gasteiger partial charge in [0.15, 0.2) is 0 Å². The van der Waals surface area contributed by atoms with Crippen molar-refractivity contribution in [2.24, 2.45) is 0 Å². The number of nitrogens with zero attached hydrogens (tertiary/aromatic N) is 5. The first-order valence-corrected chi connectivity index (χ1v) is 8.62. The minimum absolute atomic E-state index is 0.187. The molecule has 4 rings (SSSR count). The van der Waals surface area contributed by atoms with E-state index >= 15 is 0 Å². The summed E-state index contributed by atoms with van der Waals surface area (Å²) in [5.74, 6) is 1.86. The average molecular weight is 327 g/mol. The molecule has 0 saturated carbocycles. The molecule has 2 saturated heterocycles. The van der Waals surface area contributed by atoms with Gasteiger partial charge in [-0.3, -0.25) is 0 Å². The maximum Gasteiger partial charge on any atom is 0.134 e. The molecule has 2 aromatic rings. The van der Waals surface area contributed by atoms with Gasteiger partial charge in [-0.2, -0.15) is 0 Å². The van der Waals surface area contributed by atoms with Crippen LogP contribution in [-0.4, -0.2) is 49.2 Å². The van der Waals surface area contributed by atoms with Crippen LogP contribution in [0, 0.1) is 5.82 Å².